The molecule has 1 saturated heterocycles. The average molecular weight is 492 g/mol. The van der Waals surface area contributed by atoms with E-state index >= 15 is 0 Å². The van der Waals surface area contributed by atoms with Gasteiger partial charge in [0.05, 0.1) is 17.0 Å². The molecule has 1 aromatic heterocycles. The molecule has 9 nitrogen and oxygen atoms in total. The number of amides is 3. The highest BCUT2D eigenvalue weighted by Crippen LogP contribution is 2.23. The first-order chi connectivity index (χ1) is 15.3. The molecule has 3 amide bonds. The van der Waals surface area contributed by atoms with Gasteiger partial charge in [-0.25, -0.2) is 18.2 Å². The summed E-state index contributed by atoms with van der Waals surface area (Å²) in [5.74, 6) is -0.354. The fourth-order valence-electron chi connectivity index (χ4n) is 3.00. The molecule has 32 heavy (non-hydrogen) atoms. The van der Waals surface area contributed by atoms with Crippen LogP contribution in [0.3, 0.4) is 0 Å². The summed E-state index contributed by atoms with van der Waals surface area (Å²) in [6.45, 7) is 1.09. The first kappa shape index (κ1) is 22.1. The second kappa shape index (κ2) is 9.15. The molecule has 1 aliphatic rings. The van der Waals surface area contributed by atoms with Crippen LogP contribution in [0.1, 0.15) is 5.69 Å². The van der Waals surface area contributed by atoms with Crippen LogP contribution in [0.25, 0.3) is 0 Å². The summed E-state index contributed by atoms with van der Waals surface area (Å²) in [4.78, 5) is 30.0. The summed E-state index contributed by atoms with van der Waals surface area (Å²) >= 11 is 7.11. The first-order valence-electron chi connectivity index (χ1n) is 9.48. The van der Waals surface area contributed by atoms with Crippen molar-refractivity contribution in [1.82, 2.24) is 10.3 Å². The Morgan fingerprint density at radius 2 is 1.97 bits per heavy atom. The van der Waals surface area contributed by atoms with E-state index in [0.717, 1.165) is 0 Å². The first-order valence-corrected chi connectivity index (χ1v) is 12.2. The van der Waals surface area contributed by atoms with E-state index in [4.69, 9.17) is 11.6 Å². The van der Waals surface area contributed by atoms with Gasteiger partial charge in [-0.1, -0.05) is 17.7 Å². The van der Waals surface area contributed by atoms with E-state index in [1.54, 1.807) is 41.8 Å². The Labute approximate surface area is 193 Å². The third-order valence-electron chi connectivity index (χ3n) is 4.49. The normalized spacial score (nSPS) is 13.7. The van der Waals surface area contributed by atoms with Gasteiger partial charge in [0, 0.05) is 34.9 Å². The molecule has 0 atom stereocenters. The van der Waals surface area contributed by atoms with Crippen LogP contribution in [0, 0.1) is 0 Å². The molecule has 1 aliphatic heterocycles. The Kier molecular flexibility index (Phi) is 6.31. The highest BCUT2D eigenvalue weighted by Gasteiger charge is 2.24. The Hall–Kier alpha value is -3.15. The van der Waals surface area contributed by atoms with Crippen molar-refractivity contribution in [2.24, 2.45) is 0 Å². The molecule has 0 spiro atoms. The van der Waals surface area contributed by atoms with E-state index in [1.807, 2.05) is 0 Å². The summed E-state index contributed by atoms with van der Waals surface area (Å²) < 4.78 is 27.8. The predicted octanol–water partition coefficient (Wildman–Crippen LogP) is 3.31. The van der Waals surface area contributed by atoms with Crippen LogP contribution in [0.4, 0.5) is 21.3 Å². The lowest BCUT2D eigenvalue weighted by molar-refractivity contribution is -0.115. The minimum Gasteiger partial charge on any atom is -0.336 e. The molecule has 0 radical (unpaired) electrons. The van der Waals surface area contributed by atoms with Crippen LogP contribution in [-0.4, -0.2) is 38.4 Å². The molecule has 0 aliphatic carbocycles. The zero-order valence-corrected chi connectivity index (χ0v) is 18.9. The maximum atomic E-state index is 12.7. The number of nitrogens with zero attached hydrogens (tertiary/aromatic N) is 2. The number of urea groups is 1. The maximum Gasteiger partial charge on any atom is 0.323 e. The molecule has 166 valence electrons. The quantitative estimate of drug-likeness (QED) is 0.468. The van der Waals surface area contributed by atoms with Crippen LogP contribution >= 0.6 is 22.9 Å². The lowest BCUT2D eigenvalue weighted by atomic mass is 10.3. The molecule has 2 aromatic carbocycles. The lowest BCUT2D eigenvalue weighted by Crippen LogP contribution is -2.27. The smallest absolute Gasteiger partial charge is 0.323 e. The standard InChI is InChI=1S/C20H18ClN5O4S2/c21-13-4-6-14(7-5-13)25-32(29,30)17-3-1-2-15(10-17)23-18(27)11-16-12-31-20(24-16)26-9-8-22-19(26)28/h1-7,10,12,25H,8-9,11H2,(H,22,28)(H,23,27). The van der Waals surface area contributed by atoms with E-state index in [-0.39, 0.29) is 23.3 Å². The fourth-order valence-corrected chi connectivity index (χ4v) is 5.08. The number of anilines is 3. The highest BCUT2D eigenvalue weighted by atomic mass is 35.5. The van der Waals surface area contributed by atoms with E-state index in [0.29, 0.717) is 40.3 Å². The number of sulfonamides is 1. The van der Waals surface area contributed by atoms with Crippen molar-refractivity contribution in [3.63, 3.8) is 0 Å². The van der Waals surface area contributed by atoms with Crippen molar-refractivity contribution in [2.75, 3.05) is 28.0 Å². The zero-order valence-electron chi connectivity index (χ0n) is 16.5. The number of aromatic nitrogens is 1. The molecule has 0 unspecified atom stereocenters. The van der Waals surface area contributed by atoms with Gasteiger partial charge < -0.3 is 10.6 Å². The number of carbonyl (C=O) groups is 2. The molecule has 1 fully saturated rings. The summed E-state index contributed by atoms with van der Waals surface area (Å²) in [5, 5.41) is 8.13. The Morgan fingerprint density at radius 1 is 1.19 bits per heavy atom. The van der Waals surface area contributed by atoms with Gasteiger partial charge in [-0.15, -0.1) is 11.3 Å². The predicted molar refractivity (Wildman–Crippen MR) is 124 cm³/mol. The summed E-state index contributed by atoms with van der Waals surface area (Å²) in [6, 6.07) is 12.0. The molecule has 3 aromatic rings. The molecule has 2 heterocycles. The van der Waals surface area contributed by atoms with E-state index in [9.17, 15) is 18.0 Å². The topological polar surface area (TPSA) is 120 Å². The van der Waals surface area contributed by atoms with Gasteiger partial charge in [0.1, 0.15) is 0 Å². The van der Waals surface area contributed by atoms with Crippen LogP contribution in [0.5, 0.6) is 0 Å². The van der Waals surface area contributed by atoms with Crippen LogP contribution in [-0.2, 0) is 21.2 Å². The van der Waals surface area contributed by atoms with Crippen molar-refractivity contribution in [2.45, 2.75) is 11.3 Å². The maximum absolute atomic E-state index is 12.7. The van der Waals surface area contributed by atoms with E-state index in [1.165, 1.54) is 28.4 Å². The van der Waals surface area contributed by atoms with Crippen LogP contribution < -0.4 is 20.3 Å². The van der Waals surface area contributed by atoms with E-state index in [2.05, 4.69) is 20.3 Å². The van der Waals surface area contributed by atoms with Gasteiger partial charge in [0.15, 0.2) is 5.13 Å². The van der Waals surface area contributed by atoms with Gasteiger partial charge in [0.25, 0.3) is 10.0 Å². The summed E-state index contributed by atoms with van der Waals surface area (Å²) in [6.07, 6.45) is -0.00797. The number of rotatable bonds is 7. The lowest BCUT2D eigenvalue weighted by Gasteiger charge is -2.10. The van der Waals surface area contributed by atoms with Crippen molar-refractivity contribution in [3.05, 3.63) is 64.6 Å². The third-order valence-corrected chi connectivity index (χ3v) is 7.04. The summed E-state index contributed by atoms with van der Waals surface area (Å²) in [5.41, 5.74) is 1.23. The van der Waals surface area contributed by atoms with E-state index < -0.39 is 10.0 Å². The highest BCUT2D eigenvalue weighted by molar-refractivity contribution is 7.92. The third kappa shape index (κ3) is 5.18. The largest absolute Gasteiger partial charge is 0.336 e. The Bertz CT molecular complexity index is 1260. The second-order valence-corrected chi connectivity index (χ2v) is 9.83. The van der Waals surface area contributed by atoms with Crippen molar-refractivity contribution < 1.29 is 18.0 Å². The number of thiazole rings is 1. The van der Waals surface area contributed by atoms with Crippen LogP contribution in [0.15, 0.2) is 58.8 Å². The summed E-state index contributed by atoms with van der Waals surface area (Å²) in [7, 11) is -3.85. The monoisotopic (exact) mass is 491 g/mol. The van der Waals surface area contributed by atoms with Gasteiger partial charge in [-0.05, 0) is 42.5 Å². The van der Waals surface area contributed by atoms with Gasteiger partial charge in [-0.3, -0.25) is 14.4 Å². The minimum atomic E-state index is -3.85. The number of hydrogen-bond acceptors (Lipinski definition) is 6. The number of benzene rings is 2. The Morgan fingerprint density at radius 3 is 2.69 bits per heavy atom. The van der Waals surface area contributed by atoms with Gasteiger partial charge in [-0.2, -0.15) is 0 Å². The van der Waals surface area contributed by atoms with Gasteiger partial charge in [0.2, 0.25) is 5.91 Å². The number of hydrogen-bond donors (Lipinski definition) is 3. The molecule has 4 rings (SSSR count). The number of carbonyl (C=O) groups excluding carboxylic acids is 2. The molecular formula is C20H18ClN5O4S2. The van der Waals surface area contributed by atoms with Crippen molar-refractivity contribution in [1.29, 1.82) is 0 Å². The second-order valence-electron chi connectivity index (χ2n) is 6.87. The number of nitrogens with one attached hydrogen (secondary N) is 3. The minimum absolute atomic E-state index is 0.00115. The zero-order chi connectivity index (χ0) is 22.7. The van der Waals surface area contributed by atoms with Crippen molar-refractivity contribution in [3.8, 4) is 0 Å². The fraction of sp³-hybridized carbons (Fsp3) is 0.150. The van der Waals surface area contributed by atoms with Crippen molar-refractivity contribution >= 4 is 61.4 Å². The molecule has 12 heteroatoms. The average Bonchev–Trinajstić information content (AvgIpc) is 3.38. The molecule has 3 N–H and O–H groups in total. The molecule has 0 bridgehead atoms. The SMILES string of the molecule is O=C(Cc1csc(N2CCNC2=O)n1)Nc1cccc(S(=O)(=O)Nc2ccc(Cl)cc2)c1. The Balaban J connectivity index is 1.41. The van der Waals surface area contributed by atoms with Gasteiger partial charge >= 0.3 is 6.03 Å². The molecule has 0 saturated carbocycles. The molecular weight excluding hydrogens is 474 g/mol. The number of halogens is 1. The van der Waals surface area contributed by atoms with Crippen LogP contribution in [0.2, 0.25) is 5.02 Å².